The first-order valence-electron chi connectivity index (χ1n) is 7.86. The summed E-state index contributed by atoms with van der Waals surface area (Å²) < 4.78 is 6.16. The van der Waals surface area contributed by atoms with Gasteiger partial charge in [-0.1, -0.05) is 48.5 Å². The van der Waals surface area contributed by atoms with E-state index in [2.05, 4.69) is 53.4 Å². The lowest BCUT2D eigenvalue weighted by molar-refractivity contribution is -0.00222. The zero-order chi connectivity index (χ0) is 15.0. The molecule has 1 saturated heterocycles. The van der Waals surface area contributed by atoms with Crippen molar-refractivity contribution in [3.63, 3.8) is 0 Å². The van der Waals surface area contributed by atoms with Gasteiger partial charge in [0.15, 0.2) is 5.05 Å². The summed E-state index contributed by atoms with van der Waals surface area (Å²) >= 11 is 5.43. The van der Waals surface area contributed by atoms with Gasteiger partial charge in [-0.25, -0.2) is 0 Å². The van der Waals surface area contributed by atoms with Crippen molar-refractivity contribution >= 4 is 17.3 Å². The lowest BCUT2D eigenvalue weighted by Crippen LogP contribution is -2.42. The van der Waals surface area contributed by atoms with Crippen LogP contribution in [0.5, 0.6) is 0 Å². The third kappa shape index (κ3) is 2.34. The number of piperidine rings is 1. The van der Waals surface area contributed by atoms with E-state index in [1.54, 1.807) is 0 Å². The van der Waals surface area contributed by atoms with E-state index < -0.39 is 0 Å². The first-order valence-corrected chi connectivity index (χ1v) is 8.27. The van der Waals surface area contributed by atoms with Crippen LogP contribution in [0, 0.1) is 0 Å². The van der Waals surface area contributed by atoms with E-state index in [9.17, 15) is 0 Å². The van der Waals surface area contributed by atoms with E-state index in [1.165, 1.54) is 11.1 Å². The minimum absolute atomic E-state index is 0.180. The van der Waals surface area contributed by atoms with Gasteiger partial charge in [0.05, 0.1) is 0 Å². The summed E-state index contributed by atoms with van der Waals surface area (Å²) in [6.45, 7) is 3.11. The summed E-state index contributed by atoms with van der Waals surface area (Å²) in [6.07, 6.45) is 2.02. The summed E-state index contributed by atoms with van der Waals surface area (Å²) in [5.41, 5.74) is 3.61. The summed E-state index contributed by atoms with van der Waals surface area (Å²) in [7, 11) is 0. The summed E-state index contributed by atoms with van der Waals surface area (Å²) in [6, 6.07) is 19.1. The normalized spacial score (nSPS) is 19.9. The maximum absolute atomic E-state index is 6.16. The number of nitrogens with zero attached hydrogens (tertiary/aromatic N) is 1. The quantitative estimate of drug-likeness (QED) is 0.781. The second-order valence-corrected chi connectivity index (χ2v) is 6.56. The van der Waals surface area contributed by atoms with E-state index in [1.807, 2.05) is 6.07 Å². The molecule has 0 aliphatic carbocycles. The Morgan fingerprint density at radius 2 is 1.64 bits per heavy atom. The van der Waals surface area contributed by atoms with Crippen LogP contribution in [0.3, 0.4) is 0 Å². The van der Waals surface area contributed by atoms with Gasteiger partial charge in [0.1, 0.15) is 5.60 Å². The molecule has 0 bridgehead atoms. The van der Waals surface area contributed by atoms with Crippen molar-refractivity contribution < 1.29 is 4.74 Å². The Labute approximate surface area is 136 Å². The highest BCUT2D eigenvalue weighted by Crippen LogP contribution is 2.44. The minimum atomic E-state index is -0.180. The first kappa shape index (κ1) is 13.9. The number of ether oxygens (including phenoxy) is 1. The Bertz CT molecular complexity index is 690. The molecule has 0 radical (unpaired) electrons. The van der Waals surface area contributed by atoms with Crippen molar-refractivity contribution in [1.82, 2.24) is 4.90 Å². The largest absolute Gasteiger partial charge is 0.471 e. The van der Waals surface area contributed by atoms with E-state index in [0.29, 0.717) is 5.05 Å². The van der Waals surface area contributed by atoms with Crippen LogP contribution in [-0.4, -0.2) is 23.0 Å². The van der Waals surface area contributed by atoms with E-state index in [4.69, 9.17) is 17.0 Å². The van der Waals surface area contributed by atoms with Gasteiger partial charge in [0, 0.05) is 43.6 Å². The van der Waals surface area contributed by atoms with Crippen molar-refractivity contribution in [2.24, 2.45) is 0 Å². The lowest BCUT2D eigenvalue weighted by Gasteiger charge is -2.39. The second-order valence-electron chi connectivity index (χ2n) is 6.19. The number of rotatable bonds is 2. The van der Waals surface area contributed by atoms with Gasteiger partial charge in [-0.05, 0) is 23.8 Å². The molecule has 2 heterocycles. The molecule has 112 valence electrons. The van der Waals surface area contributed by atoms with Gasteiger partial charge in [-0.3, -0.25) is 4.90 Å². The van der Waals surface area contributed by atoms with E-state index in [-0.39, 0.29) is 5.60 Å². The molecule has 2 aromatic rings. The highest BCUT2D eigenvalue weighted by atomic mass is 32.1. The molecule has 2 aliphatic heterocycles. The standard InChI is InChI=1S/C19H19NOS/c22-18-16-8-4-5-9-17(16)19(21-18)10-12-20(13-11-19)14-15-6-2-1-3-7-15/h1-9H,10-14H2. The van der Waals surface area contributed by atoms with Crippen LogP contribution in [0.4, 0.5) is 0 Å². The van der Waals surface area contributed by atoms with Gasteiger partial charge in [-0.2, -0.15) is 0 Å². The smallest absolute Gasteiger partial charge is 0.192 e. The Hall–Kier alpha value is -1.71. The number of hydrogen-bond acceptors (Lipinski definition) is 3. The molecule has 22 heavy (non-hydrogen) atoms. The maximum Gasteiger partial charge on any atom is 0.192 e. The van der Waals surface area contributed by atoms with Crippen LogP contribution in [0.2, 0.25) is 0 Å². The van der Waals surface area contributed by atoms with Gasteiger partial charge >= 0.3 is 0 Å². The fourth-order valence-corrected chi connectivity index (χ4v) is 3.97. The molecule has 2 aromatic carbocycles. The summed E-state index contributed by atoms with van der Waals surface area (Å²) in [4.78, 5) is 2.51. The van der Waals surface area contributed by atoms with Crippen molar-refractivity contribution in [3.8, 4) is 0 Å². The molecule has 0 N–H and O–H groups in total. The first-order chi connectivity index (χ1) is 10.8. The molecule has 1 spiro atoms. The fourth-order valence-electron chi connectivity index (χ4n) is 3.63. The molecule has 4 rings (SSSR count). The van der Waals surface area contributed by atoms with E-state index in [0.717, 1.165) is 38.0 Å². The number of thiocarbonyl (C=S) groups is 1. The third-order valence-electron chi connectivity index (χ3n) is 4.84. The highest BCUT2D eigenvalue weighted by Gasteiger charge is 2.45. The molecule has 2 aliphatic rings. The van der Waals surface area contributed by atoms with Crippen molar-refractivity contribution in [2.45, 2.75) is 25.0 Å². The van der Waals surface area contributed by atoms with Gasteiger partial charge in [0.25, 0.3) is 0 Å². The Morgan fingerprint density at radius 3 is 2.41 bits per heavy atom. The van der Waals surface area contributed by atoms with Crippen LogP contribution < -0.4 is 0 Å². The van der Waals surface area contributed by atoms with Gasteiger partial charge in [0.2, 0.25) is 0 Å². The Morgan fingerprint density at radius 1 is 0.955 bits per heavy atom. The topological polar surface area (TPSA) is 12.5 Å². The SMILES string of the molecule is S=C1OC2(CCN(Cc3ccccc3)CC2)c2ccccc21. The lowest BCUT2D eigenvalue weighted by atomic mass is 9.84. The highest BCUT2D eigenvalue weighted by molar-refractivity contribution is 7.80. The molecule has 0 amide bonds. The summed E-state index contributed by atoms with van der Waals surface area (Å²) in [5.74, 6) is 0. The molecular formula is C19H19NOS. The monoisotopic (exact) mass is 309 g/mol. The van der Waals surface area contributed by atoms with Gasteiger partial charge in [-0.15, -0.1) is 0 Å². The zero-order valence-corrected chi connectivity index (χ0v) is 13.3. The van der Waals surface area contributed by atoms with Crippen LogP contribution in [0.25, 0.3) is 0 Å². The van der Waals surface area contributed by atoms with Crippen molar-refractivity contribution in [1.29, 1.82) is 0 Å². The van der Waals surface area contributed by atoms with E-state index >= 15 is 0 Å². The number of fused-ring (bicyclic) bond motifs is 2. The average molecular weight is 309 g/mol. The number of benzene rings is 2. The van der Waals surface area contributed by atoms with Crippen molar-refractivity contribution in [3.05, 3.63) is 71.3 Å². The zero-order valence-electron chi connectivity index (χ0n) is 12.5. The van der Waals surface area contributed by atoms with Crippen molar-refractivity contribution in [2.75, 3.05) is 13.1 Å². The van der Waals surface area contributed by atoms with Crippen LogP contribution >= 0.6 is 12.2 Å². The molecule has 0 unspecified atom stereocenters. The fraction of sp³-hybridized carbons (Fsp3) is 0.316. The maximum atomic E-state index is 6.16. The average Bonchev–Trinajstić information content (AvgIpc) is 2.84. The minimum Gasteiger partial charge on any atom is -0.471 e. The summed E-state index contributed by atoms with van der Waals surface area (Å²) in [5, 5.41) is 0.673. The Kier molecular flexibility index (Phi) is 3.47. The predicted molar refractivity (Wildman–Crippen MR) is 91.9 cm³/mol. The van der Waals surface area contributed by atoms with Crippen LogP contribution in [0.15, 0.2) is 54.6 Å². The van der Waals surface area contributed by atoms with Crippen LogP contribution in [0.1, 0.15) is 29.5 Å². The molecule has 3 heteroatoms. The molecule has 0 saturated carbocycles. The number of likely N-dealkylation sites (tertiary alicyclic amines) is 1. The molecule has 1 fully saturated rings. The second kappa shape index (κ2) is 5.49. The molecular weight excluding hydrogens is 290 g/mol. The molecule has 0 atom stereocenters. The Balaban J connectivity index is 1.50. The molecule has 2 nitrogen and oxygen atoms in total. The number of hydrogen-bond donors (Lipinski definition) is 0. The molecule has 0 aromatic heterocycles. The van der Waals surface area contributed by atoms with Crippen LogP contribution in [-0.2, 0) is 16.9 Å². The third-order valence-corrected chi connectivity index (χ3v) is 5.14. The predicted octanol–water partition coefficient (Wildman–Crippen LogP) is 3.88. The van der Waals surface area contributed by atoms with Gasteiger partial charge < -0.3 is 4.74 Å².